The van der Waals surface area contributed by atoms with Crippen molar-refractivity contribution in [1.82, 2.24) is 9.97 Å². The molecule has 1 N–H and O–H groups in total. The average Bonchev–Trinajstić information content (AvgIpc) is 2.53. The quantitative estimate of drug-likeness (QED) is 0.870. The van der Waals surface area contributed by atoms with Crippen molar-refractivity contribution in [2.75, 3.05) is 30.1 Å². The van der Waals surface area contributed by atoms with Crippen LogP contribution in [0, 0.1) is 0 Å². The number of hydrogen-bond donors (Lipinski definition) is 1. The molecule has 0 bridgehead atoms. The van der Waals surface area contributed by atoms with Gasteiger partial charge in [0.05, 0.1) is 0 Å². The summed E-state index contributed by atoms with van der Waals surface area (Å²) in [5.41, 5.74) is -0.965. The van der Waals surface area contributed by atoms with E-state index in [0.717, 1.165) is 25.3 Å². The lowest BCUT2D eigenvalue weighted by Crippen LogP contribution is -2.33. The minimum atomic E-state index is -4.52. The van der Waals surface area contributed by atoms with Crippen LogP contribution in [0.25, 0.3) is 0 Å². The number of halogens is 3. The molecule has 3 unspecified atom stereocenters. The predicted molar refractivity (Wildman–Crippen MR) is 89.7 cm³/mol. The molecule has 1 saturated carbocycles. The van der Waals surface area contributed by atoms with Gasteiger partial charge >= 0.3 is 6.18 Å². The number of nitrogens with one attached hydrogen (secondary N) is 1. The number of rotatable bonds is 5. The van der Waals surface area contributed by atoms with Gasteiger partial charge in [0.15, 0.2) is 5.69 Å². The zero-order valence-electron chi connectivity index (χ0n) is 14.1. The van der Waals surface area contributed by atoms with E-state index in [1.165, 1.54) is 4.90 Å². The van der Waals surface area contributed by atoms with Crippen LogP contribution in [0.2, 0.25) is 0 Å². The van der Waals surface area contributed by atoms with Gasteiger partial charge in [-0.2, -0.15) is 18.2 Å². The van der Waals surface area contributed by atoms with E-state index < -0.39 is 22.7 Å². The summed E-state index contributed by atoms with van der Waals surface area (Å²) in [5.74, 6) is 0.771. The molecule has 0 spiro atoms. The summed E-state index contributed by atoms with van der Waals surface area (Å²) in [7, 11) is 2.37. The Bertz CT molecular complexity index is 595. The van der Waals surface area contributed by atoms with E-state index in [1.54, 1.807) is 14.1 Å². The first-order valence-electron chi connectivity index (χ1n) is 7.98. The monoisotopic (exact) mass is 364 g/mol. The highest BCUT2D eigenvalue weighted by molar-refractivity contribution is 7.85. The first-order chi connectivity index (χ1) is 11.2. The predicted octanol–water partition coefficient (Wildman–Crippen LogP) is 3.05. The standard InChI is InChI=1S/C15H23F3N4OS/c1-4-24(23)11-7-5-6-10(8-11)19-14-20-12(15(16,17)18)9-13(21-14)22(2)3/h9-11H,4-8H2,1-3H3,(H,19,20,21). The van der Waals surface area contributed by atoms with Gasteiger partial charge in [-0.1, -0.05) is 13.3 Å². The van der Waals surface area contributed by atoms with E-state index in [4.69, 9.17) is 0 Å². The lowest BCUT2D eigenvalue weighted by atomic mass is 9.95. The van der Waals surface area contributed by atoms with Crippen LogP contribution in [0.3, 0.4) is 0 Å². The van der Waals surface area contributed by atoms with Crippen molar-refractivity contribution in [2.45, 2.75) is 50.1 Å². The molecule has 9 heteroatoms. The van der Waals surface area contributed by atoms with Crippen LogP contribution >= 0.6 is 0 Å². The lowest BCUT2D eigenvalue weighted by molar-refractivity contribution is -0.141. The van der Waals surface area contributed by atoms with Crippen molar-refractivity contribution in [1.29, 1.82) is 0 Å². The van der Waals surface area contributed by atoms with Gasteiger partial charge < -0.3 is 10.2 Å². The first kappa shape index (κ1) is 19.0. The lowest BCUT2D eigenvalue weighted by Gasteiger charge is -2.29. The molecule has 0 aromatic carbocycles. The fourth-order valence-electron chi connectivity index (χ4n) is 2.81. The van der Waals surface area contributed by atoms with Crippen molar-refractivity contribution in [3.8, 4) is 0 Å². The van der Waals surface area contributed by atoms with E-state index in [1.807, 2.05) is 6.92 Å². The summed E-state index contributed by atoms with van der Waals surface area (Å²) in [4.78, 5) is 9.29. The second kappa shape index (κ2) is 7.67. The Morgan fingerprint density at radius 2 is 2.04 bits per heavy atom. The summed E-state index contributed by atoms with van der Waals surface area (Å²) in [6.45, 7) is 1.88. The Hall–Kier alpha value is -1.38. The van der Waals surface area contributed by atoms with Crippen molar-refractivity contribution in [3.63, 3.8) is 0 Å². The molecule has 24 heavy (non-hydrogen) atoms. The number of aromatic nitrogens is 2. The number of anilines is 2. The molecule has 136 valence electrons. The van der Waals surface area contributed by atoms with E-state index >= 15 is 0 Å². The number of hydrogen-bond acceptors (Lipinski definition) is 5. The van der Waals surface area contributed by atoms with Gasteiger partial charge in [-0.05, 0) is 19.3 Å². The summed E-state index contributed by atoms with van der Waals surface area (Å²) >= 11 is 0. The second-order valence-electron chi connectivity index (χ2n) is 6.13. The van der Waals surface area contributed by atoms with Gasteiger partial charge in [0.1, 0.15) is 5.82 Å². The Labute approximate surface area is 142 Å². The molecule has 3 atom stereocenters. The van der Waals surface area contributed by atoms with E-state index in [9.17, 15) is 17.4 Å². The highest BCUT2D eigenvalue weighted by atomic mass is 32.2. The van der Waals surface area contributed by atoms with Gasteiger partial charge in [-0.15, -0.1) is 0 Å². The zero-order chi connectivity index (χ0) is 17.9. The Balaban J connectivity index is 2.19. The molecule has 0 radical (unpaired) electrons. The molecule has 1 aromatic rings. The van der Waals surface area contributed by atoms with Crippen LogP contribution in [0.4, 0.5) is 24.9 Å². The second-order valence-corrected chi connectivity index (χ2v) is 8.13. The summed E-state index contributed by atoms with van der Waals surface area (Å²) < 4.78 is 51.1. The van der Waals surface area contributed by atoms with Gasteiger partial charge in [-0.25, -0.2) is 4.98 Å². The van der Waals surface area contributed by atoms with Crippen LogP contribution in [0.15, 0.2) is 6.07 Å². The summed E-state index contributed by atoms with van der Waals surface area (Å²) in [6, 6.07) is 0.874. The maximum Gasteiger partial charge on any atom is 0.433 e. The third-order valence-electron chi connectivity index (χ3n) is 4.08. The van der Waals surface area contributed by atoms with E-state index in [0.29, 0.717) is 12.2 Å². The zero-order valence-corrected chi connectivity index (χ0v) is 14.9. The summed E-state index contributed by atoms with van der Waals surface area (Å²) in [5, 5.41) is 3.10. The maximum absolute atomic E-state index is 13.0. The van der Waals surface area contributed by atoms with Crippen LogP contribution in [0.5, 0.6) is 0 Å². The van der Waals surface area contributed by atoms with E-state index in [-0.39, 0.29) is 23.1 Å². The molecule has 5 nitrogen and oxygen atoms in total. The largest absolute Gasteiger partial charge is 0.433 e. The van der Waals surface area contributed by atoms with E-state index in [2.05, 4.69) is 15.3 Å². The average molecular weight is 364 g/mol. The van der Waals surface area contributed by atoms with Gasteiger partial charge in [0, 0.05) is 48.0 Å². The third-order valence-corrected chi connectivity index (χ3v) is 5.82. The minimum absolute atomic E-state index is 0.0264. The molecule has 2 rings (SSSR count). The summed E-state index contributed by atoms with van der Waals surface area (Å²) in [6.07, 6.45) is -1.26. The van der Waals surface area contributed by atoms with Crippen molar-refractivity contribution < 1.29 is 17.4 Å². The van der Waals surface area contributed by atoms with Crippen LogP contribution in [0.1, 0.15) is 38.3 Å². The molecule has 0 aliphatic heterocycles. The van der Waals surface area contributed by atoms with Crippen LogP contribution in [-0.4, -0.2) is 45.3 Å². The van der Waals surface area contributed by atoms with Crippen molar-refractivity contribution in [2.24, 2.45) is 0 Å². The Morgan fingerprint density at radius 3 is 2.62 bits per heavy atom. The van der Waals surface area contributed by atoms with Crippen molar-refractivity contribution >= 4 is 22.6 Å². The Kier molecular flexibility index (Phi) is 6.06. The molecule has 1 aromatic heterocycles. The number of alkyl halides is 3. The molecule has 1 heterocycles. The molecular formula is C15H23F3N4OS. The highest BCUT2D eigenvalue weighted by Crippen LogP contribution is 2.31. The smallest absolute Gasteiger partial charge is 0.363 e. The Morgan fingerprint density at radius 1 is 1.33 bits per heavy atom. The highest BCUT2D eigenvalue weighted by Gasteiger charge is 2.34. The third kappa shape index (κ3) is 4.81. The topological polar surface area (TPSA) is 58.1 Å². The molecule has 0 amide bonds. The minimum Gasteiger partial charge on any atom is -0.363 e. The van der Waals surface area contributed by atoms with Crippen LogP contribution in [-0.2, 0) is 17.0 Å². The molecule has 0 saturated heterocycles. The fourth-order valence-corrected chi connectivity index (χ4v) is 4.15. The molecule has 1 aliphatic carbocycles. The molecule has 1 fully saturated rings. The maximum atomic E-state index is 13.0. The normalized spacial score (nSPS) is 22.9. The van der Waals surface area contributed by atoms with Gasteiger partial charge in [0.25, 0.3) is 0 Å². The molecular weight excluding hydrogens is 341 g/mol. The number of nitrogens with zero attached hydrogens (tertiary/aromatic N) is 3. The SMILES string of the molecule is CCS(=O)C1CCCC(Nc2nc(N(C)C)cc(C(F)(F)F)n2)C1. The van der Waals surface area contributed by atoms with Gasteiger partial charge in [0.2, 0.25) is 5.95 Å². The fraction of sp³-hybridized carbons (Fsp3) is 0.733. The van der Waals surface area contributed by atoms with Crippen LogP contribution < -0.4 is 10.2 Å². The first-order valence-corrected chi connectivity index (χ1v) is 9.36. The van der Waals surface area contributed by atoms with Crippen molar-refractivity contribution in [3.05, 3.63) is 11.8 Å². The van der Waals surface area contributed by atoms with Gasteiger partial charge in [-0.3, -0.25) is 4.21 Å². The molecule has 1 aliphatic rings.